The van der Waals surface area contributed by atoms with E-state index in [4.69, 9.17) is 0 Å². The van der Waals surface area contributed by atoms with Crippen molar-refractivity contribution in [3.05, 3.63) is 29.8 Å². The Morgan fingerprint density at radius 1 is 1.43 bits per heavy atom. The van der Waals surface area contributed by atoms with Gasteiger partial charge in [-0.2, -0.15) is 0 Å². The molecule has 2 unspecified atom stereocenters. The Morgan fingerprint density at radius 2 is 2.19 bits per heavy atom. The summed E-state index contributed by atoms with van der Waals surface area (Å²) in [4.78, 5) is 16.0. The van der Waals surface area contributed by atoms with Crippen molar-refractivity contribution in [3.63, 3.8) is 0 Å². The quantitative estimate of drug-likeness (QED) is 0.925. The summed E-state index contributed by atoms with van der Waals surface area (Å²) in [6.07, 6.45) is 2.54. The van der Waals surface area contributed by atoms with Gasteiger partial charge in [-0.3, -0.25) is 4.79 Å². The summed E-state index contributed by atoms with van der Waals surface area (Å²) in [5.74, 6) is 0.709. The Bertz CT molecular complexity index is 487. The molecular weight excluding hydrogens is 262 g/mol. The lowest BCUT2D eigenvalue weighted by atomic mass is 9.91. The average Bonchev–Trinajstić information content (AvgIpc) is 2.46. The molecule has 4 nitrogen and oxygen atoms in total. The molecule has 1 heterocycles. The van der Waals surface area contributed by atoms with Gasteiger partial charge >= 0.3 is 0 Å². The lowest BCUT2D eigenvalue weighted by Crippen LogP contribution is -2.39. The highest BCUT2D eigenvalue weighted by molar-refractivity contribution is 5.94. The fourth-order valence-corrected chi connectivity index (χ4v) is 3.00. The first-order valence-corrected chi connectivity index (χ1v) is 7.74. The van der Waals surface area contributed by atoms with Gasteiger partial charge in [-0.1, -0.05) is 6.07 Å². The third-order valence-corrected chi connectivity index (χ3v) is 4.28. The van der Waals surface area contributed by atoms with Gasteiger partial charge in [0.15, 0.2) is 0 Å². The number of piperidine rings is 1. The summed E-state index contributed by atoms with van der Waals surface area (Å²) in [6, 6.07) is 8.21. The van der Waals surface area contributed by atoms with E-state index in [1.54, 1.807) is 19.0 Å². The number of carbonyl (C=O) groups excluding carboxylic acids is 1. The fourth-order valence-electron chi connectivity index (χ4n) is 3.00. The number of hydrogen-bond donors (Lipinski definition) is 1. The molecule has 1 aromatic carbocycles. The number of rotatable bonds is 4. The van der Waals surface area contributed by atoms with Crippen LogP contribution >= 0.6 is 0 Å². The van der Waals surface area contributed by atoms with Crippen molar-refractivity contribution in [2.45, 2.75) is 25.8 Å². The molecule has 1 amide bonds. The van der Waals surface area contributed by atoms with E-state index in [1.807, 2.05) is 24.3 Å². The van der Waals surface area contributed by atoms with Gasteiger partial charge in [-0.15, -0.1) is 0 Å². The van der Waals surface area contributed by atoms with Gasteiger partial charge in [-0.05, 0) is 57.5 Å². The van der Waals surface area contributed by atoms with Gasteiger partial charge < -0.3 is 15.1 Å². The van der Waals surface area contributed by atoms with Crippen molar-refractivity contribution in [1.82, 2.24) is 9.80 Å². The van der Waals surface area contributed by atoms with Gasteiger partial charge in [-0.25, -0.2) is 0 Å². The van der Waals surface area contributed by atoms with Gasteiger partial charge in [0.25, 0.3) is 5.91 Å². The van der Waals surface area contributed by atoms with Crippen molar-refractivity contribution in [2.75, 3.05) is 39.5 Å². The molecule has 2 atom stereocenters. The zero-order valence-corrected chi connectivity index (χ0v) is 13.6. The van der Waals surface area contributed by atoms with Crippen LogP contribution in [0.2, 0.25) is 0 Å². The van der Waals surface area contributed by atoms with Crippen LogP contribution in [0.15, 0.2) is 24.3 Å². The Morgan fingerprint density at radius 3 is 2.86 bits per heavy atom. The van der Waals surface area contributed by atoms with Gasteiger partial charge in [0.05, 0.1) is 0 Å². The Hall–Kier alpha value is -1.55. The number of nitrogens with zero attached hydrogens (tertiary/aromatic N) is 2. The first-order valence-electron chi connectivity index (χ1n) is 7.74. The van der Waals surface area contributed by atoms with Crippen LogP contribution < -0.4 is 5.32 Å². The maximum atomic E-state index is 12.0. The number of nitrogens with one attached hydrogen (secondary N) is 1. The van der Waals surface area contributed by atoms with E-state index < -0.39 is 0 Å². The summed E-state index contributed by atoms with van der Waals surface area (Å²) in [7, 11) is 5.75. The fraction of sp³-hybridized carbons (Fsp3) is 0.588. The molecule has 0 bridgehead atoms. The van der Waals surface area contributed by atoms with E-state index in [1.165, 1.54) is 19.4 Å². The van der Waals surface area contributed by atoms with Crippen LogP contribution in [0, 0.1) is 5.92 Å². The van der Waals surface area contributed by atoms with E-state index in [9.17, 15) is 4.79 Å². The molecule has 116 valence electrons. The summed E-state index contributed by atoms with van der Waals surface area (Å²) >= 11 is 0. The largest absolute Gasteiger partial charge is 0.382 e. The van der Waals surface area contributed by atoms with E-state index >= 15 is 0 Å². The molecule has 2 rings (SSSR count). The highest BCUT2D eigenvalue weighted by Gasteiger charge is 2.22. The molecule has 0 radical (unpaired) electrons. The number of anilines is 1. The smallest absolute Gasteiger partial charge is 0.253 e. The average molecular weight is 289 g/mol. The van der Waals surface area contributed by atoms with E-state index in [0.29, 0.717) is 12.0 Å². The highest BCUT2D eigenvalue weighted by Crippen LogP contribution is 2.22. The second-order valence-electron chi connectivity index (χ2n) is 6.38. The Balaban J connectivity index is 2.02. The molecule has 0 aliphatic carbocycles. The topological polar surface area (TPSA) is 35.6 Å². The molecular formula is C17H27N3O. The van der Waals surface area contributed by atoms with E-state index in [0.717, 1.165) is 17.8 Å². The number of carbonyl (C=O) groups is 1. The zero-order valence-electron chi connectivity index (χ0n) is 13.6. The second-order valence-corrected chi connectivity index (χ2v) is 6.38. The molecule has 1 fully saturated rings. The molecule has 0 aromatic heterocycles. The lowest BCUT2D eigenvalue weighted by molar-refractivity contribution is 0.0827. The van der Waals surface area contributed by atoms with Crippen molar-refractivity contribution in [2.24, 2.45) is 5.92 Å². The lowest BCUT2D eigenvalue weighted by Gasteiger charge is -2.34. The number of benzene rings is 1. The van der Waals surface area contributed by atoms with Gasteiger partial charge in [0, 0.05) is 37.9 Å². The van der Waals surface area contributed by atoms with Crippen LogP contribution in [0.4, 0.5) is 5.69 Å². The molecule has 1 N–H and O–H groups in total. The Labute approximate surface area is 128 Å². The summed E-state index contributed by atoms with van der Waals surface area (Å²) in [6.45, 7) is 4.59. The molecule has 1 saturated heterocycles. The maximum absolute atomic E-state index is 12.0. The van der Waals surface area contributed by atoms with Crippen LogP contribution in [0.25, 0.3) is 0 Å². The predicted octanol–water partition coefficient (Wildman–Crippen LogP) is 2.53. The van der Waals surface area contributed by atoms with Crippen molar-refractivity contribution >= 4 is 11.6 Å². The highest BCUT2D eigenvalue weighted by atomic mass is 16.2. The van der Waals surface area contributed by atoms with Crippen molar-refractivity contribution < 1.29 is 4.79 Å². The SMILES string of the molecule is CC(Nc1cccc(C(=O)N(C)C)c1)C1CCCN(C)C1. The number of likely N-dealkylation sites (tertiary alicyclic amines) is 1. The Kier molecular flexibility index (Phi) is 5.23. The zero-order chi connectivity index (χ0) is 15.4. The molecule has 0 spiro atoms. The molecule has 4 heteroatoms. The minimum atomic E-state index is 0.0451. The van der Waals surface area contributed by atoms with Crippen LogP contribution in [0.5, 0.6) is 0 Å². The van der Waals surface area contributed by atoms with Crippen LogP contribution in [-0.4, -0.2) is 56.0 Å². The van der Waals surface area contributed by atoms with E-state index in [-0.39, 0.29) is 5.91 Å². The second kappa shape index (κ2) is 6.94. The van der Waals surface area contributed by atoms with Crippen LogP contribution in [0.1, 0.15) is 30.1 Å². The minimum absolute atomic E-state index is 0.0451. The van der Waals surface area contributed by atoms with Gasteiger partial charge in [0.2, 0.25) is 0 Å². The molecule has 1 aliphatic rings. The first-order chi connectivity index (χ1) is 9.97. The third kappa shape index (κ3) is 4.21. The monoisotopic (exact) mass is 289 g/mol. The molecule has 1 aliphatic heterocycles. The van der Waals surface area contributed by atoms with Gasteiger partial charge in [0.1, 0.15) is 0 Å². The van der Waals surface area contributed by atoms with Crippen molar-refractivity contribution in [1.29, 1.82) is 0 Å². The molecule has 21 heavy (non-hydrogen) atoms. The standard InChI is InChI=1S/C17H27N3O/c1-13(15-8-6-10-20(4)12-15)18-16-9-5-7-14(11-16)17(21)19(2)3/h5,7,9,11,13,15,18H,6,8,10,12H2,1-4H3. The van der Waals surface area contributed by atoms with Crippen molar-refractivity contribution in [3.8, 4) is 0 Å². The predicted molar refractivity (Wildman–Crippen MR) is 87.8 cm³/mol. The van der Waals surface area contributed by atoms with Crippen LogP contribution in [0.3, 0.4) is 0 Å². The van der Waals surface area contributed by atoms with E-state index in [2.05, 4.69) is 24.2 Å². The molecule has 0 saturated carbocycles. The molecule has 1 aromatic rings. The summed E-state index contributed by atoms with van der Waals surface area (Å²) < 4.78 is 0. The maximum Gasteiger partial charge on any atom is 0.253 e. The summed E-state index contributed by atoms with van der Waals surface area (Å²) in [5.41, 5.74) is 1.77. The van der Waals surface area contributed by atoms with Crippen LogP contribution in [-0.2, 0) is 0 Å². The third-order valence-electron chi connectivity index (χ3n) is 4.28. The number of hydrogen-bond acceptors (Lipinski definition) is 3. The minimum Gasteiger partial charge on any atom is -0.382 e. The number of amides is 1. The first kappa shape index (κ1) is 15.8. The summed E-state index contributed by atoms with van der Waals surface area (Å²) in [5, 5.41) is 3.57. The normalized spacial score (nSPS) is 20.9.